The van der Waals surface area contributed by atoms with E-state index in [1.807, 2.05) is 0 Å². The Morgan fingerprint density at radius 2 is 1.19 bits per heavy atom. The molecule has 0 saturated heterocycles. The minimum Gasteiger partial charge on any atom is -0.381 e. The van der Waals surface area contributed by atoms with E-state index in [2.05, 4.69) is 34.6 Å². The summed E-state index contributed by atoms with van der Waals surface area (Å²) in [7, 11) is 0. The first-order valence-electron chi connectivity index (χ1n) is 7.26. The molecule has 0 aliphatic heterocycles. The van der Waals surface area contributed by atoms with Crippen molar-refractivity contribution in [2.75, 3.05) is 13.2 Å². The average Bonchev–Trinajstić information content (AvgIpc) is 2.27. The molecule has 0 amide bonds. The van der Waals surface area contributed by atoms with Gasteiger partial charge in [-0.25, -0.2) is 0 Å². The van der Waals surface area contributed by atoms with Gasteiger partial charge < -0.3 is 4.74 Å². The second-order valence-corrected chi connectivity index (χ2v) is 4.86. The summed E-state index contributed by atoms with van der Waals surface area (Å²) < 4.78 is 5.31. The van der Waals surface area contributed by atoms with Crippen LogP contribution in [0.4, 0.5) is 0 Å². The largest absolute Gasteiger partial charge is 0.381 e. The molecule has 1 heteroatoms. The van der Waals surface area contributed by atoms with Crippen molar-refractivity contribution in [2.45, 2.75) is 79.6 Å². The maximum atomic E-state index is 5.31. The molecule has 0 atom stereocenters. The summed E-state index contributed by atoms with van der Waals surface area (Å²) in [5, 5.41) is 0. The van der Waals surface area contributed by atoms with Crippen LogP contribution in [0.1, 0.15) is 79.6 Å². The molecule has 100 valence electrons. The van der Waals surface area contributed by atoms with E-state index in [-0.39, 0.29) is 0 Å². The zero-order valence-electron chi connectivity index (χ0n) is 12.3. The molecule has 0 spiro atoms. The first kappa shape index (κ1) is 18.3. The van der Waals surface area contributed by atoms with E-state index in [1.165, 1.54) is 44.9 Å². The third kappa shape index (κ3) is 23.6. The molecule has 0 unspecified atom stereocenters. The predicted molar refractivity (Wildman–Crippen MR) is 75.0 cm³/mol. The lowest BCUT2D eigenvalue weighted by molar-refractivity contribution is 0.128. The van der Waals surface area contributed by atoms with Crippen LogP contribution >= 0.6 is 0 Å². The Labute approximate surface area is 104 Å². The van der Waals surface area contributed by atoms with Crippen molar-refractivity contribution in [2.24, 2.45) is 5.92 Å². The van der Waals surface area contributed by atoms with Crippen LogP contribution in [-0.4, -0.2) is 13.2 Å². The molecule has 0 aliphatic rings. The Morgan fingerprint density at radius 1 is 0.750 bits per heavy atom. The number of hydrogen-bond donors (Lipinski definition) is 0. The zero-order chi connectivity index (χ0) is 12.6. The van der Waals surface area contributed by atoms with Gasteiger partial charge in [-0.3, -0.25) is 0 Å². The summed E-state index contributed by atoms with van der Waals surface area (Å²) in [5.41, 5.74) is 0. The van der Waals surface area contributed by atoms with E-state index in [0.717, 1.165) is 19.1 Å². The van der Waals surface area contributed by atoms with E-state index in [4.69, 9.17) is 4.74 Å². The lowest BCUT2D eigenvalue weighted by Gasteiger charge is -1.99. The van der Waals surface area contributed by atoms with Gasteiger partial charge in [-0.2, -0.15) is 0 Å². The first-order valence-corrected chi connectivity index (χ1v) is 7.26. The minimum absolute atomic E-state index is 0.903. The first-order chi connectivity index (χ1) is 7.68. The Morgan fingerprint density at radius 3 is 1.44 bits per heavy atom. The number of unbranched alkanes of at least 4 members (excludes halogenated alkanes) is 3. The van der Waals surface area contributed by atoms with Crippen molar-refractivity contribution >= 4 is 0 Å². The Balaban J connectivity index is 0. The second-order valence-electron chi connectivity index (χ2n) is 4.86. The van der Waals surface area contributed by atoms with Crippen molar-refractivity contribution in [1.82, 2.24) is 0 Å². The Kier molecular flexibility index (Phi) is 19.9. The zero-order valence-corrected chi connectivity index (χ0v) is 12.3. The maximum Gasteiger partial charge on any atom is 0.0465 e. The van der Waals surface area contributed by atoms with Crippen LogP contribution in [0.25, 0.3) is 0 Å². The van der Waals surface area contributed by atoms with Crippen LogP contribution in [0.2, 0.25) is 0 Å². The topological polar surface area (TPSA) is 9.23 Å². The highest BCUT2D eigenvalue weighted by Crippen LogP contribution is 2.04. The van der Waals surface area contributed by atoms with E-state index in [9.17, 15) is 0 Å². The second kappa shape index (κ2) is 17.4. The molecular weight excluding hydrogens is 196 g/mol. The highest BCUT2D eigenvalue weighted by Gasteiger charge is 1.88. The van der Waals surface area contributed by atoms with E-state index in [1.54, 1.807) is 0 Å². The van der Waals surface area contributed by atoms with Gasteiger partial charge in [-0.1, -0.05) is 66.7 Å². The van der Waals surface area contributed by atoms with Crippen LogP contribution in [-0.2, 0) is 4.74 Å². The molecule has 0 fully saturated rings. The SMILES string of the molecule is CCCCC(C)C.CCCCOCCCC. The number of hydrogen-bond acceptors (Lipinski definition) is 1. The smallest absolute Gasteiger partial charge is 0.0465 e. The van der Waals surface area contributed by atoms with Crippen molar-refractivity contribution in [3.05, 3.63) is 0 Å². The molecule has 0 aliphatic carbocycles. The molecule has 0 saturated carbocycles. The molecule has 0 rings (SSSR count). The molecular formula is C15H34O. The molecule has 0 bridgehead atoms. The molecule has 0 aromatic rings. The van der Waals surface area contributed by atoms with Gasteiger partial charge in [0.25, 0.3) is 0 Å². The van der Waals surface area contributed by atoms with Gasteiger partial charge >= 0.3 is 0 Å². The summed E-state index contributed by atoms with van der Waals surface area (Å²) >= 11 is 0. The summed E-state index contributed by atoms with van der Waals surface area (Å²) in [4.78, 5) is 0. The summed E-state index contributed by atoms with van der Waals surface area (Å²) in [5.74, 6) is 0.903. The molecule has 1 nitrogen and oxygen atoms in total. The van der Waals surface area contributed by atoms with Gasteiger partial charge in [0.05, 0.1) is 0 Å². The van der Waals surface area contributed by atoms with Gasteiger partial charge in [-0.15, -0.1) is 0 Å². The quantitative estimate of drug-likeness (QED) is 0.479. The van der Waals surface area contributed by atoms with Crippen molar-refractivity contribution in [1.29, 1.82) is 0 Å². The van der Waals surface area contributed by atoms with Crippen LogP contribution in [0.3, 0.4) is 0 Å². The fourth-order valence-corrected chi connectivity index (χ4v) is 1.21. The van der Waals surface area contributed by atoms with Gasteiger partial charge in [0, 0.05) is 13.2 Å². The molecule has 0 N–H and O–H groups in total. The summed E-state index contributed by atoms with van der Waals surface area (Å²) in [6.45, 7) is 13.1. The lowest BCUT2D eigenvalue weighted by atomic mass is 10.1. The minimum atomic E-state index is 0.903. The van der Waals surface area contributed by atoms with Crippen LogP contribution < -0.4 is 0 Å². The van der Waals surface area contributed by atoms with Crippen LogP contribution in [0.15, 0.2) is 0 Å². The van der Waals surface area contributed by atoms with Crippen molar-refractivity contribution < 1.29 is 4.74 Å². The monoisotopic (exact) mass is 230 g/mol. The average molecular weight is 230 g/mol. The van der Waals surface area contributed by atoms with Gasteiger partial charge in [0.15, 0.2) is 0 Å². The van der Waals surface area contributed by atoms with Crippen LogP contribution in [0, 0.1) is 5.92 Å². The van der Waals surface area contributed by atoms with Crippen molar-refractivity contribution in [3.8, 4) is 0 Å². The van der Waals surface area contributed by atoms with Crippen LogP contribution in [0.5, 0.6) is 0 Å². The van der Waals surface area contributed by atoms with E-state index in [0.29, 0.717) is 0 Å². The predicted octanol–water partition coefficient (Wildman–Crippen LogP) is 5.44. The highest BCUT2D eigenvalue weighted by atomic mass is 16.5. The number of rotatable bonds is 9. The van der Waals surface area contributed by atoms with Gasteiger partial charge in [0.1, 0.15) is 0 Å². The Bertz CT molecular complexity index is 93.6. The standard InChI is InChI=1S/C8H18O.C7H16/c1-3-5-7-9-8-6-4-2;1-4-5-6-7(2)3/h3-8H2,1-2H3;7H,4-6H2,1-3H3. The molecule has 0 aromatic carbocycles. The summed E-state index contributed by atoms with van der Waals surface area (Å²) in [6.07, 6.45) is 9.05. The van der Waals surface area contributed by atoms with E-state index >= 15 is 0 Å². The fourth-order valence-electron chi connectivity index (χ4n) is 1.21. The van der Waals surface area contributed by atoms with E-state index < -0.39 is 0 Å². The number of ether oxygens (including phenoxy) is 1. The third-order valence-corrected chi connectivity index (χ3v) is 2.42. The fraction of sp³-hybridized carbons (Fsp3) is 1.00. The lowest BCUT2D eigenvalue weighted by Crippen LogP contribution is -1.95. The summed E-state index contributed by atoms with van der Waals surface area (Å²) in [6, 6.07) is 0. The molecule has 16 heavy (non-hydrogen) atoms. The van der Waals surface area contributed by atoms with Gasteiger partial charge in [0.2, 0.25) is 0 Å². The van der Waals surface area contributed by atoms with Gasteiger partial charge in [-0.05, 0) is 18.8 Å². The third-order valence-electron chi connectivity index (χ3n) is 2.42. The highest BCUT2D eigenvalue weighted by molar-refractivity contribution is 4.42. The maximum absolute atomic E-state index is 5.31. The molecule has 0 radical (unpaired) electrons. The molecule has 0 heterocycles. The van der Waals surface area contributed by atoms with Crippen molar-refractivity contribution in [3.63, 3.8) is 0 Å². The Hall–Kier alpha value is -0.0400. The normalized spacial score (nSPS) is 10.1. The molecule has 0 aromatic heterocycles.